The molecule has 0 saturated heterocycles. The second-order valence-electron chi connectivity index (χ2n) is 15.5. The van der Waals surface area contributed by atoms with Crippen LogP contribution in [-0.4, -0.2) is 36.8 Å². The molecule has 2 aliphatic rings. The van der Waals surface area contributed by atoms with Gasteiger partial charge in [-0.2, -0.15) is 0 Å². The Morgan fingerprint density at radius 2 is 0.895 bits per heavy atom. The maximum Gasteiger partial charge on any atom is 0.172 e. The number of amidine groups is 2. The van der Waals surface area contributed by atoms with Crippen molar-refractivity contribution in [2.75, 3.05) is 22.9 Å². The zero-order valence-electron chi connectivity index (χ0n) is 26.0. The first-order valence-corrected chi connectivity index (χ1v) is 14.3. The molecule has 206 valence electrons. The molecule has 0 amide bonds. The molecular weight excluding hydrogens is 464 g/mol. The van der Waals surface area contributed by atoms with Crippen molar-refractivity contribution in [3.63, 3.8) is 0 Å². The van der Waals surface area contributed by atoms with Crippen LogP contribution in [0.1, 0.15) is 94.2 Å². The quantitative estimate of drug-likeness (QED) is 0.413. The summed E-state index contributed by atoms with van der Waals surface area (Å²) in [6.07, 6.45) is 0. The number of rotatable bonds is 3. The molecule has 0 fully saturated rings. The Bertz CT molecular complexity index is 1130. The first-order valence-electron chi connectivity index (χ1n) is 14.3. The van der Waals surface area contributed by atoms with E-state index in [9.17, 15) is 0 Å². The molecule has 2 aromatic rings. The Morgan fingerprint density at radius 3 is 1.18 bits per heavy atom. The SMILES string of the molecule is CC(C)(C)c1cccc(N2C[C@H](C(C)(C)C)N=C2C2=N[C@@H](C(C)(C)C)CN2c2cccc(C(C)(C)C)c2)c1. The van der Waals surface area contributed by atoms with E-state index in [1.807, 2.05) is 0 Å². The van der Waals surface area contributed by atoms with Gasteiger partial charge in [0.15, 0.2) is 11.7 Å². The van der Waals surface area contributed by atoms with E-state index in [0.717, 1.165) is 24.8 Å². The maximum atomic E-state index is 5.42. The topological polar surface area (TPSA) is 31.2 Å². The highest BCUT2D eigenvalue weighted by Crippen LogP contribution is 2.37. The van der Waals surface area contributed by atoms with Crippen LogP contribution >= 0.6 is 0 Å². The van der Waals surface area contributed by atoms with Crippen molar-refractivity contribution < 1.29 is 0 Å². The largest absolute Gasteiger partial charge is 0.321 e. The number of nitrogens with zero attached hydrogens (tertiary/aromatic N) is 4. The highest BCUT2D eigenvalue weighted by Gasteiger charge is 2.42. The summed E-state index contributed by atoms with van der Waals surface area (Å²) in [5.41, 5.74) is 5.36. The highest BCUT2D eigenvalue weighted by molar-refractivity contribution is 6.50. The van der Waals surface area contributed by atoms with Crippen LogP contribution in [0.5, 0.6) is 0 Å². The second kappa shape index (κ2) is 9.54. The van der Waals surface area contributed by atoms with Gasteiger partial charge in [-0.25, -0.2) is 0 Å². The van der Waals surface area contributed by atoms with E-state index in [-0.39, 0.29) is 33.7 Å². The van der Waals surface area contributed by atoms with Crippen molar-refractivity contribution in [1.29, 1.82) is 0 Å². The first-order chi connectivity index (χ1) is 17.4. The molecule has 2 heterocycles. The molecule has 4 heteroatoms. The minimum Gasteiger partial charge on any atom is -0.321 e. The Morgan fingerprint density at radius 1 is 0.553 bits per heavy atom. The number of anilines is 2. The van der Waals surface area contributed by atoms with Gasteiger partial charge in [0.05, 0.1) is 12.1 Å². The van der Waals surface area contributed by atoms with E-state index in [1.54, 1.807) is 0 Å². The third-order valence-corrected chi connectivity index (χ3v) is 8.03. The highest BCUT2D eigenvalue weighted by atomic mass is 15.4. The number of hydrogen-bond acceptors (Lipinski definition) is 4. The minimum absolute atomic E-state index is 0.0568. The molecule has 4 nitrogen and oxygen atoms in total. The standard InChI is InChI=1S/C34H50N4/c1-31(2,3)23-15-13-17-25(19-23)37-21-27(33(7,8)9)35-29(37)30-36-28(34(10,11)12)22-38(30)26-18-14-16-24(20-26)32(4,5)6/h13-20,27-28H,21-22H2,1-12H3/t27-,28-/m1/s1. The van der Waals surface area contributed by atoms with Crippen LogP contribution in [0, 0.1) is 10.8 Å². The number of benzene rings is 2. The lowest BCUT2D eigenvalue weighted by Gasteiger charge is -2.30. The van der Waals surface area contributed by atoms with Gasteiger partial charge in [0, 0.05) is 24.5 Å². The summed E-state index contributed by atoms with van der Waals surface area (Å²) >= 11 is 0. The van der Waals surface area contributed by atoms with Crippen LogP contribution in [0.15, 0.2) is 58.5 Å². The Hall–Kier alpha value is -2.62. The van der Waals surface area contributed by atoms with Crippen LogP contribution in [0.2, 0.25) is 0 Å². The zero-order valence-corrected chi connectivity index (χ0v) is 26.0. The number of aliphatic imine (C=N–C) groups is 2. The summed E-state index contributed by atoms with van der Waals surface area (Å²) in [6.45, 7) is 29.2. The van der Waals surface area contributed by atoms with Crippen molar-refractivity contribution in [2.45, 2.75) is 106 Å². The van der Waals surface area contributed by atoms with Gasteiger partial charge in [0.1, 0.15) is 0 Å². The minimum atomic E-state index is 0.0568. The van der Waals surface area contributed by atoms with Gasteiger partial charge >= 0.3 is 0 Å². The van der Waals surface area contributed by atoms with E-state index in [4.69, 9.17) is 9.98 Å². The summed E-state index contributed by atoms with van der Waals surface area (Å²) in [4.78, 5) is 15.7. The molecule has 2 aromatic carbocycles. The molecule has 0 spiro atoms. The van der Waals surface area contributed by atoms with Gasteiger partial charge in [-0.15, -0.1) is 0 Å². The zero-order chi connectivity index (χ0) is 28.3. The van der Waals surface area contributed by atoms with Crippen LogP contribution in [0.25, 0.3) is 0 Å². The van der Waals surface area contributed by atoms with Gasteiger partial charge < -0.3 is 9.80 Å². The van der Waals surface area contributed by atoms with Gasteiger partial charge in [0.2, 0.25) is 0 Å². The Balaban J connectivity index is 1.85. The van der Waals surface area contributed by atoms with E-state index >= 15 is 0 Å². The predicted molar refractivity (Wildman–Crippen MR) is 166 cm³/mol. The molecule has 0 bridgehead atoms. The molecule has 2 atom stereocenters. The fourth-order valence-corrected chi connectivity index (χ4v) is 5.06. The molecule has 0 aliphatic carbocycles. The lowest BCUT2D eigenvalue weighted by molar-refractivity contribution is 0.337. The summed E-state index contributed by atoms with van der Waals surface area (Å²) in [7, 11) is 0. The van der Waals surface area contributed by atoms with Crippen LogP contribution in [-0.2, 0) is 10.8 Å². The molecule has 38 heavy (non-hydrogen) atoms. The van der Waals surface area contributed by atoms with E-state index in [0.29, 0.717) is 0 Å². The van der Waals surface area contributed by atoms with Gasteiger partial charge in [-0.05, 0) is 57.1 Å². The fraction of sp³-hybridized carbons (Fsp3) is 0.588. The fourth-order valence-electron chi connectivity index (χ4n) is 5.06. The van der Waals surface area contributed by atoms with Gasteiger partial charge in [0.25, 0.3) is 0 Å². The van der Waals surface area contributed by atoms with Crippen molar-refractivity contribution in [3.8, 4) is 0 Å². The second-order valence-corrected chi connectivity index (χ2v) is 15.5. The van der Waals surface area contributed by atoms with Crippen molar-refractivity contribution in [3.05, 3.63) is 59.7 Å². The van der Waals surface area contributed by atoms with Gasteiger partial charge in [-0.3, -0.25) is 9.98 Å². The molecule has 0 unspecified atom stereocenters. The van der Waals surface area contributed by atoms with Gasteiger partial charge in [-0.1, -0.05) is 107 Å². The molecule has 0 N–H and O–H groups in total. The van der Waals surface area contributed by atoms with Crippen LogP contribution < -0.4 is 9.80 Å². The first kappa shape index (κ1) is 28.4. The third-order valence-electron chi connectivity index (χ3n) is 8.03. The summed E-state index contributed by atoms with van der Waals surface area (Å²) in [5.74, 6) is 2.01. The van der Waals surface area contributed by atoms with E-state index in [2.05, 4.69) is 141 Å². The van der Waals surface area contributed by atoms with Crippen LogP contribution in [0.3, 0.4) is 0 Å². The van der Waals surface area contributed by atoms with E-state index < -0.39 is 0 Å². The predicted octanol–water partition coefficient (Wildman–Crippen LogP) is 8.25. The van der Waals surface area contributed by atoms with Crippen molar-refractivity contribution in [2.24, 2.45) is 20.8 Å². The monoisotopic (exact) mass is 514 g/mol. The molecule has 4 rings (SSSR count). The molecule has 2 aliphatic heterocycles. The Labute approximate surface area is 232 Å². The lowest BCUT2D eigenvalue weighted by Crippen LogP contribution is -2.43. The normalized spacial score (nSPS) is 21.2. The maximum absolute atomic E-state index is 5.42. The summed E-state index contributed by atoms with van der Waals surface area (Å²) < 4.78 is 0. The molecule has 0 radical (unpaired) electrons. The smallest absolute Gasteiger partial charge is 0.172 e. The molecule has 0 saturated carbocycles. The molecule has 0 aromatic heterocycles. The van der Waals surface area contributed by atoms with Crippen LogP contribution in [0.4, 0.5) is 11.4 Å². The van der Waals surface area contributed by atoms with Crippen molar-refractivity contribution in [1.82, 2.24) is 0 Å². The average molecular weight is 515 g/mol. The Kier molecular flexibility index (Phi) is 7.12. The molecular formula is C34H50N4. The summed E-state index contributed by atoms with van der Waals surface area (Å²) in [5, 5.41) is 0. The summed E-state index contributed by atoms with van der Waals surface area (Å²) in [6, 6.07) is 18.4. The van der Waals surface area contributed by atoms with E-state index in [1.165, 1.54) is 22.5 Å². The third kappa shape index (κ3) is 5.84. The van der Waals surface area contributed by atoms with Crippen molar-refractivity contribution >= 4 is 23.0 Å². The lowest BCUT2D eigenvalue weighted by atomic mass is 9.86. The average Bonchev–Trinajstić information content (AvgIpc) is 3.43. The number of hydrogen-bond donors (Lipinski definition) is 0.